The summed E-state index contributed by atoms with van der Waals surface area (Å²) in [5, 5.41) is 12.2. The second-order valence-corrected chi connectivity index (χ2v) is 9.13. The van der Waals surface area contributed by atoms with E-state index in [1.165, 1.54) is 17.3 Å². The van der Waals surface area contributed by atoms with Gasteiger partial charge in [-0.3, -0.25) is 14.2 Å². The smallest absolute Gasteiger partial charge is 0.230 e. The molecule has 3 N–H and O–H groups in total. The number of rotatable bonds is 9. The molecule has 0 saturated carbocycles. The predicted octanol–water partition coefficient (Wildman–Crippen LogP) is 1.99. The number of nitrogens with zero attached hydrogens (tertiary/aromatic N) is 4. The van der Waals surface area contributed by atoms with Gasteiger partial charge in [-0.15, -0.1) is 10.2 Å². The first-order chi connectivity index (χ1) is 14.8. The van der Waals surface area contributed by atoms with E-state index in [1.54, 1.807) is 0 Å². The van der Waals surface area contributed by atoms with Crippen molar-refractivity contribution in [1.82, 2.24) is 25.0 Å². The van der Waals surface area contributed by atoms with Gasteiger partial charge in [-0.1, -0.05) is 23.9 Å². The van der Waals surface area contributed by atoms with Gasteiger partial charge in [-0.25, -0.2) is 0 Å². The van der Waals surface area contributed by atoms with Crippen molar-refractivity contribution in [1.29, 1.82) is 0 Å². The topological polar surface area (TPSA) is 106 Å². The summed E-state index contributed by atoms with van der Waals surface area (Å²) in [6, 6.07) is 6.27. The van der Waals surface area contributed by atoms with Crippen molar-refractivity contribution in [3.8, 4) is 5.69 Å². The molecule has 1 saturated heterocycles. The summed E-state index contributed by atoms with van der Waals surface area (Å²) in [4.78, 5) is 26.0. The number of amides is 2. The van der Waals surface area contributed by atoms with E-state index in [1.807, 2.05) is 11.5 Å². The van der Waals surface area contributed by atoms with Crippen molar-refractivity contribution in [2.45, 2.75) is 45.2 Å². The maximum atomic E-state index is 12.3. The molecule has 1 aromatic carbocycles. The Bertz CT molecular complexity index is 929. The van der Waals surface area contributed by atoms with Crippen LogP contribution in [0.15, 0.2) is 23.4 Å². The standard InChI is InChI=1S/C22H32N6O2S/c1-15-7-8-16(2)19(12-15)28-17(3)25-26-22(28)31-14-20(29)24-9-5-11-27-10-4-6-18(13-27)21(23)30/h7-8,12,18H,4-6,9-11,13-14H2,1-3H3,(H2,23,30)(H,24,29). The Morgan fingerprint density at radius 1 is 1.26 bits per heavy atom. The van der Waals surface area contributed by atoms with Crippen LogP contribution in [0, 0.1) is 26.7 Å². The van der Waals surface area contributed by atoms with Crippen LogP contribution in [-0.4, -0.2) is 63.4 Å². The van der Waals surface area contributed by atoms with Gasteiger partial charge in [0.1, 0.15) is 5.82 Å². The second-order valence-electron chi connectivity index (χ2n) is 8.19. The van der Waals surface area contributed by atoms with Gasteiger partial charge in [0.05, 0.1) is 17.4 Å². The molecule has 8 nitrogen and oxygen atoms in total. The molecule has 31 heavy (non-hydrogen) atoms. The van der Waals surface area contributed by atoms with Crippen LogP contribution in [0.5, 0.6) is 0 Å². The molecular formula is C22H32N6O2S. The molecule has 0 radical (unpaired) electrons. The Kier molecular flexibility index (Phi) is 8.09. The van der Waals surface area contributed by atoms with Gasteiger partial charge in [0.15, 0.2) is 5.16 Å². The minimum Gasteiger partial charge on any atom is -0.369 e. The van der Waals surface area contributed by atoms with Gasteiger partial charge < -0.3 is 16.0 Å². The first kappa shape index (κ1) is 23.3. The quantitative estimate of drug-likeness (QED) is 0.453. The lowest BCUT2D eigenvalue weighted by Gasteiger charge is -2.31. The van der Waals surface area contributed by atoms with Crippen LogP contribution in [0.25, 0.3) is 5.69 Å². The number of carbonyl (C=O) groups excluding carboxylic acids is 2. The molecule has 3 rings (SSSR count). The molecule has 2 amide bonds. The number of likely N-dealkylation sites (tertiary alicyclic amines) is 1. The van der Waals surface area contributed by atoms with Crippen LogP contribution in [0.1, 0.15) is 36.2 Å². The van der Waals surface area contributed by atoms with Gasteiger partial charge in [0, 0.05) is 13.1 Å². The predicted molar refractivity (Wildman–Crippen MR) is 122 cm³/mol. The maximum absolute atomic E-state index is 12.3. The number of nitrogens with two attached hydrogens (primary N) is 1. The van der Waals surface area contributed by atoms with E-state index < -0.39 is 0 Å². The molecule has 0 aliphatic carbocycles. The number of primary amides is 1. The van der Waals surface area contributed by atoms with Gasteiger partial charge >= 0.3 is 0 Å². The molecule has 1 unspecified atom stereocenters. The Morgan fingerprint density at radius 3 is 2.84 bits per heavy atom. The molecule has 1 aliphatic rings. The van der Waals surface area contributed by atoms with Gasteiger partial charge in [-0.05, 0) is 70.3 Å². The lowest BCUT2D eigenvalue weighted by molar-refractivity contribution is -0.123. The Morgan fingerprint density at radius 2 is 2.06 bits per heavy atom. The van der Waals surface area contributed by atoms with Crippen LogP contribution in [-0.2, 0) is 9.59 Å². The molecule has 0 spiro atoms. The minimum absolute atomic E-state index is 0.0215. The van der Waals surface area contributed by atoms with E-state index in [9.17, 15) is 9.59 Å². The van der Waals surface area contributed by atoms with Crippen LogP contribution in [0.3, 0.4) is 0 Å². The summed E-state index contributed by atoms with van der Waals surface area (Å²) in [7, 11) is 0. The van der Waals surface area contributed by atoms with E-state index in [2.05, 4.69) is 52.5 Å². The largest absolute Gasteiger partial charge is 0.369 e. The molecule has 168 valence electrons. The highest BCUT2D eigenvalue weighted by molar-refractivity contribution is 7.99. The van der Waals surface area contributed by atoms with Crippen molar-refractivity contribution in [2.75, 3.05) is 31.9 Å². The van der Waals surface area contributed by atoms with E-state index in [0.29, 0.717) is 11.7 Å². The Balaban J connectivity index is 1.45. The minimum atomic E-state index is -0.209. The summed E-state index contributed by atoms with van der Waals surface area (Å²) >= 11 is 1.39. The van der Waals surface area contributed by atoms with E-state index in [-0.39, 0.29) is 23.5 Å². The monoisotopic (exact) mass is 444 g/mol. The third-order valence-corrected chi connectivity index (χ3v) is 6.54. The zero-order chi connectivity index (χ0) is 22.4. The zero-order valence-corrected chi connectivity index (χ0v) is 19.4. The zero-order valence-electron chi connectivity index (χ0n) is 18.6. The third-order valence-electron chi connectivity index (χ3n) is 5.61. The fraction of sp³-hybridized carbons (Fsp3) is 0.545. The summed E-state index contributed by atoms with van der Waals surface area (Å²) in [5.74, 6) is 0.812. The number of thioether (sulfide) groups is 1. The average Bonchev–Trinajstić information content (AvgIpc) is 3.11. The Hall–Kier alpha value is -2.39. The highest BCUT2D eigenvalue weighted by Gasteiger charge is 2.23. The highest BCUT2D eigenvalue weighted by Crippen LogP contribution is 2.24. The molecule has 2 heterocycles. The summed E-state index contributed by atoms with van der Waals surface area (Å²) in [5.41, 5.74) is 8.78. The molecule has 9 heteroatoms. The van der Waals surface area contributed by atoms with Crippen LogP contribution in [0.2, 0.25) is 0 Å². The van der Waals surface area contributed by atoms with Crippen molar-refractivity contribution in [2.24, 2.45) is 11.7 Å². The fourth-order valence-corrected chi connectivity index (χ4v) is 4.70. The molecule has 1 fully saturated rings. The molecule has 1 aliphatic heterocycles. The van der Waals surface area contributed by atoms with Crippen molar-refractivity contribution in [3.05, 3.63) is 35.2 Å². The molecule has 0 bridgehead atoms. The second kappa shape index (κ2) is 10.8. The number of piperidine rings is 1. The first-order valence-corrected chi connectivity index (χ1v) is 11.7. The van der Waals surface area contributed by atoms with Crippen LogP contribution in [0.4, 0.5) is 0 Å². The molecule has 1 atom stereocenters. The first-order valence-electron chi connectivity index (χ1n) is 10.8. The lowest BCUT2D eigenvalue weighted by Crippen LogP contribution is -2.42. The maximum Gasteiger partial charge on any atom is 0.230 e. The van der Waals surface area contributed by atoms with Gasteiger partial charge in [-0.2, -0.15) is 0 Å². The van der Waals surface area contributed by atoms with E-state index in [0.717, 1.165) is 56.0 Å². The third kappa shape index (κ3) is 6.30. The lowest BCUT2D eigenvalue weighted by atomic mass is 9.97. The summed E-state index contributed by atoms with van der Waals surface area (Å²) in [6.45, 7) is 9.22. The van der Waals surface area contributed by atoms with E-state index >= 15 is 0 Å². The number of nitrogens with one attached hydrogen (secondary N) is 1. The van der Waals surface area contributed by atoms with Crippen molar-refractivity contribution in [3.63, 3.8) is 0 Å². The molecular weight excluding hydrogens is 412 g/mol. The number of aromatic nitrogens is 3. The summed E-state index contributed by atoms with van der Waals surface area (Å²) in [6.07, 6.45) is 2.72. The SMILES string of the molecule is Cc1ccc(C)c(-n2c(C)nnc2SCC(=O)NCCCN2CCCC(C(N)=O)C2)c1. The van der Waals surface area contributed by atoms with Gasteiger partial charge in [0.25, 0.3) is 0 Å². The highest BCUT2D eigenvalue weighted by atomic mass is 32.2. The van der Waals surface area contributed by atoms with Crippen molar-refractivity contribution < 1.29 is 9.59 Å². The van der Waals surface area contributed by atoms with Crippen LogP contribution < -0.4 is 11.1 Å². The van der Waals surface area contributed by atoms with Crippen LogP contribution >= 0.6 is 11.8 Å². The average molecular weight is 445 g/mol. The normalized spacial score (nSPS) is 16.9. The Labute approximate surface area is 188 Å². The number of hydrogen-bond acceptors (Lipinski definition) is 6. The van der Waals surface area contributed by atoms with E-state index in [4.69, 9.17) is 5.73 Å². The van der Waals surface area contributed by atoms with Crippen molar-refractivity contribution >= 4 is 23.6 Å². The van der Waals surface area contributed by atoms with Gasteiger partial charge in [0.2, 0.25) is 11.8 Å². The summed E-state index contributed by atoms with van der Waals surface area (Å²) < 4.78 is 2.01. The number of aryl methyl sites for hydroxylation is 3. The number of hydrogen-bond donors (Lipinski definition) is 2. The molecule has 1 aromatic heterocycles. The molecule has 2 aromatic rings. The fourth-order valence-electron chi connectivity index (χ4n) is 3.88. The number of carbonyl (C=O) groups is 2. The number of benzene rings is 1.